The van der Waals surface area contributed by atoms with Crippen molar-refractivity contribution in [1.29, 1.82) is 0 Å². The first-order valence-electron chi connectivity index (χ1n) is 7.94. The van der Waals surface area contributed by atoms with Crippen molar-refractivity contribution in [3.05, 3.63) is 29.8 Å². The molecule has 0 bridgehead atoms. The summed E-state index contributed by atoms with van der Waals surface area (Å²) in [5.74, 6) is 0.384. The van der Waals surface area contributed by atoms with E-state index in [4.69, 9.17) is 4.18 Å². The molecule has 128 valence electrons. The maximum Gasteiger partial charge on any atom is 0.308 e. The molecular formula is C17H25NO4S. The number of hydrogen-bond acceptors (Lipinski definition) is 4. The van der Waals surface area contributed by atoms with Gasteiger partial charge in [0.1, 0.15) is 5.75 Å². The van der Waals surface area contributed by atoms with E-state index in [2.05, 4.69) is 0 Å². The van der Waals surface area contributed by atoms with Gasteiger partial charge >= 0.3 is 10.1 Å². The van der Waals surface area contributed by atoms with E-state index >= 15 is 0 Å². The highest BCUT2D eigenvalue weighted by Gasteiger charge is 2.37. The van der Waals surface area contributed by atoms with Crippen LogP contribution in [0.4, 0.5) is 0 Å². The average molecular weight is 339 g/mol. The summed E-state index contributed by atoms with van der Waals surface area (Å²) in [4.78, 5) is 14.5. The number of amides is 1. The minimum Gasteiger partial charge on any atom is -0.382 e. The molecule has 0 N–H and O–H groups in total. The van der Waals surface area contributed by atoms with E-state index in [0.29, 0.717) is 18.3 Å². The molecule has 1 saturated carbocycles. The van der Waals surface area contributed by atoms with Gasteiger partial charge in [0.15, 0.2) is 0 Å². The smallest absolute Gasteiger partial charge is 0.308 e. The van der Waals surface area contributed by atoms with Crippen molar-refractivity contribution in [2.24, 2.45) is 5.41 Å². The molecule has 0 saturated heterocycles. The molecule has 23 heavy (non-hydrogen) atoms. The molecule has 0 heterocycles. The van der Waals surface area contributed by atoms with Crippen LogP contribution in [0.25, 0.3) is 0 Å². The van der Waals surface area contributed by atoms with Gasteiger partial charge in [0.05, 0.1) is 5.75 Å². The van der Waals surface area contributed by atoms with Crippen LogP contribution in [0.3, 0.4) is 0 Å². The summed E-state index contributed by atoms with van der Waals surface area (Å²) >= 11 is 0. The first kappa shape index (κ1) is 17.8. The third-order valence-corrected chi connectivity index (χ3v) is 4.90. The third-order valence-electron chi connectivity index (χ3n) is 3.74. The van der Waals surface area contributed by atoms with Gasteiger partial charge in [-0.2, -0.15) is 8.42 Å². The highest BCUT2D eigenvalue weighted by atomic mass is 32.2. The molecule has 1 fully saturated rings. The Bertz CT molecular complexity index is 655. The molecule has 0 radical (unpaired) electrons. The molecule has 1 aromatic rings. The van der Waals surface area contributed by atoms with Crippen molar-refractivity contribution < 1.29 is 17.4 Å². The van der Waals surface area contributed by atoms with Crippen LogP contribution < -0.4 is 4.18 Å². The topological polar surface area (TPSA) is 63.7 Å². The van der Waals surface area contributed by atoms with Crippen molar-refractivity contribution in [3.8, 4) is 5.75 Å². The predicted octanol–water partition coefficient (Wildman–Crippen LogP) is 2.95. The largest absolute Gasteiger partial charge is 0.382 e. The zero-order chi connectivity index (χ0) is 17.3. The Balaban J connectivity index is 2.08. The second-order valence-corrected chi connectivity index (χ2v) is 8.85. The van der Waals surface area contributed by atoms with Crippen LogP contribution in [-0.2, 0) is 21.5 Å². The van der Waals surface area contributed by atoms with Crippen LogP contribution in [0.1, 0.15) is 46.1 Å². The Hall–Kier alpha value is -1.56. The first-order chi connectivity index (χ1) is 10.6. The highest BCUT2D eigenvalue weighted by Crippen LogP contribution is 2.32. The summed E-state index contributed by atoms with van der Waals surface area (Å²) in [5.41, 5.74) is 0.566. The lowest BCUT2D eigenvalue weighted by Gasteiger charge is -2.29. The van der Waals surface area contributed by atoms with Gasteiger partial charge in [-0.15, -0.1) is 0 Å². The van der Waals surface area contributed by atoms with E-state index in [0.717, 1.165) is 18.4 Å². The Kier molecular flexibility index (Phi) is 5.04. The molecule has 0 aromatic heterocycles. The molecule has 1 aliphatic rings. The average Bonchev–Trinajstić information content (AvgIpc) is 3.29. The zero-order valence-electron chi connectivity index (χ0n) is 14.2. The lowest BCUT2D eigenvalue weighted by atomic mass is 9.94. The monoisotopic (exact) mass is 339 g/mol. The van der Waals surface area contributed by atoms with Gasteiger partial charge in [0.2, 0.25) is 5.91 Å². The van der Waals surface area contributed by atoms with Gasteiger partial charge in [-0.05, 0) is 37.5 Å². The van der Waals surface area contributed by atoms with E-state index in [1.165, 1.54) is 6.92 Å². The van der Waals surface area contributed by atoms with Crippen LogP contribution in [0.15, 0.2) is 24.3 Å². The van der Waals surface area contributed by atoms with Crippen molar-refractivity contribution in [2.45, 2.75) is 53.1 Å². The lowest BCUT2D eigenvalue weighted by molar-refractivity contribution is -0.140. The van der Waals surface area contributed by atoms with Crippen molar-refractivity contribution in [1.82, 2.24) is 4.90 Å². The molecule has 1 aliphatic carbocycles. The minimum absolute atomic E-state index is 0.0652. The Morgan fingerprint density at radius 2 is 1.78 bits per heavy atom. The van der Waals surface area contributed by atoms with Gasteiger partial charge in [0.25, 0.3) is 0 Å². The number of hydrogen-bond donors (Lipinski definition) is 0. The molecule has 0 spiro atoms. The lowest BCUT2D eigenvalue weighted by Crippen LogP contribution is -2.40. The van der Waals surface area contributed by atoms with Gasteiger partial charge in [-0.25, -0.2) is 0 Å². The van der Waals surface area contributed by atoms with Gasteiger partial charge in [-0.3, -0.25) is 4.79 Å². The van der Waals surface area contributed by atoms with Crippen LogP contribution in [0, 0.1) is 5.41 Å². The fourth-order valence-electron chi connectivity index (χ4n) is 2.24. The van der Waals surface area contributed by atoms with Gasteiger partial charge in [0, 0.05) is 18.0 Å². The van der Waals surface area contributed by atoms with Crippen LogP contribution in [-0.4, -0.2) is 31.0 Å². The number of carbonyl (C=O) groups is 1. The quantitative estimate of drug-likeness (QED) is 0.748. The fraction of sp³-hybridized carbons (Fsp3) is 0.588. The number of nitrogens with zero attached hydrogens (tertiary/aromatic N) is 1. The van der Waals surface area contributed by atoms with E-state index < -0.39 is 15.5 Å². The summed E-state index contributed by atoms with van der Waals surface area (Å²) in [6.45, 7) is 7.86. The van der Waals surface area contributed by atoms with E-state index in [-0.39, 0.29) is 11.7 Å². The van der Waals surface area contributed by atoms with Crippen LogP contribution in [0.2, 0.25) is 0 Å². The normalized spacial score (nSPS) is 15.3. The maximum absolute atomic E-state index is 12.6. The number of benzene rings is 1. The Morgan fingerprint density at radius 1 is 1.22 bits per heavy atom. The van der Waals surface area contributed by atoms with Crippen molar-refractivity contribution in [3.63, 3.8) is 0 Å². The maximum atomic E-state index is 12.6. The molecule has 0 aliphatic heterocycles. The minimum atomic E-state index is -3.51. The zero-order valence-corrected chi connectivity index (χ0v) is 15.0. The molecular weight excluding hydrogens is 314 g/mol. The molecule has 2 rings (SSSR count). The van der Waals surface area contributed by atoms with E-state index in [1.54, 1.807) is 12.1 Å². The summed E-state index contributed by atoms with van der Waals surface area (Å²) < 4.78 is 27.9. The predicted molar refractivity (Wildman–Crippen MR) is 89.6 cm³/mol. The molecule has 1 aromatic carbocycles. The Labute approximate surface area is 138 Å². The summed E-state index contributed by atoms with van der Waals surface area (Å²) in [6, 6.07) is 7.22. The molecule has 1 amide bonds. The summed E-state index contributed by atoms with van der Waals surface area (Å²) in [6.07, 6.45) is 2.11. The highest BCUT2D eigenvalue weighted by molar-refractivity contribution is 7.87. The van der Waals surface area contributed by atoms with E-state index in [9.17, 15) is 13.2 Å². The fourth-order valence-corrected chi connectivity index (χ4v) is 2.76. The molecule has 0 unspecified atom stereocenters. The van der Waals surface area contributed by atoms with Crippen molar-refractivity contribution in [2.75, 3.05) is 5.75 Å². The summed E-state index contributed by atoms with van der Waals surface area (Å²) in [7, 11) is -3.51. The number of carbonyl (C=O) groups excluding carboxylic acids is 1. The second kappa shape index (κ2) is 6.51. The first-order valence-corrected chi connectivity index (χ1v) is 9.52. The van der Waals surface area contributed by atoms with Crippen molar-refractivity contribution >= 4 is 16.0 Å². The molecule has 5 nitrogen and oxygen atoms in total. The SMILES string of the molecule is CCS(=O)(=O)Oc1ccc(CN(C(=O)C(C)(C)C)C2CC2)cc1. The molecule has 0 atom stereocenters. The summed E-state index contributed by atoms with van der Waals surface area (Å²) in [5, 5.41) is 0. The van der Waals surface area contributed by atoms with Gasteiger partial charge in [-0.1, -0.05) is 32.9 Å². The van der Waals surface area contributed by atoms with Crippen LogP contribution >= 0.6 is 0 Å². The standard InChI is InChI=1S/C17H25NO4S/c1-5-23(20,21)22-15-10-6-13(7-11-15)12-18(14-8-9-14)16(19)17(2,3)4/h6-7,10-11,14H,5,8-9,12H2,1-4H3. The Morgan fingerprint density at radius 3 is 2.22 bits per heavy atom. The number of rotatable bonds is 6. The second-order valence-electron chi connectivity index (χ2n) is 6.99. The van der Waals surface area contributed by atoms with E-state index in [1.807, 2.05) is 37.8 Å². The van der Waals surface area contributed by atoms with Gasteiger partial charge < -0.3 is 9.08 Å². The molecule has 6 heteroatoms. The van der Waals surface area contributed by atoms with Crippen LogP contribution in [0.5, 0.6) is 5.75 Å². The third kappa shape index (κ3) is 4.96.